The topological polar surface area (TPSA) is 32.8 Å². The van der Waals surface area contributed by atoms with Gasteiger partial charge in [-0.05, 0) is 49.6 Å². The first-order valence-corrected chi connectivity index (χ1v) is 8.93. The van der Waals surface area contributed by atoms with Gasteiger partial charge in [0.05, 0.1) is 13.7 Å². The quantitative estimate of drug-likeness (QED) is 0.735. The van der Waals surface area contributed by atoms with Crippen molar-refractivity contribution in [1.29, 1.82) is 0 Å². The fourth-order valence-corrected chi connectivity index (χ4v) is 3.01. The number of para-hydroxylation sites is 1. The molecule has 4 heteroatoms. The number of nitrogens with zero attached hydrogens (tertiary/aromatic N) is 2. The summed E-state index contributed by atoms with van der Waals surface area (Å²) in [5.74, 6) is 1.04. The smallest absolute Gasteiger partial charge is 0.242 e. The fraction of sp³-hybridized carbons (Fsp3) is 0.381. The number of amides is 1. The number of carbonyl (C=O) groups excluding carboxylic acids is 1. The van der Waals surface area contributed by atoms with Crippen LogP contribution in [0.5, 0.6) is 5.75 Å². The third-order valence-electron chi connectivity index (χ3n) is 4.65. The molecule has 2 aromatic rings. The molecular formula is C21H26N2O2. The number of hydrogen-bond acceptors (Lipinski definition) is 3. The SMILES string of the molecule is CCN(CC(=O)N(Cc1ccc(OC)cc1)C1CC1)c1ccccc1. The van der Waals surface area contributed by atoms with Crippen molar-refractivity contribution in [2.75, 3.05) is 25.1 Å². The predicted molar refractivity (Wildman–Crippen MR) is 101 cm³/mol. The van der Waals surface area contributed by atoms with Crippen molar-refractivity contribution in [3.63, 3.8) is 0 Å². The second kappa shape index (κ2) is 8.06. The predicted octanol–water partition coefficient (Wildman–Crippen LogP) is 3.71. The van der Waals surface area contributed by atoms with Crippen molar-refractivity contribution < 1.29 is 9.53 Å². The molecule has 1 aliphatic rings. The first kappa shape index (κ1) is 17.3. The van der Waals surface area contributed by atoms with Crippen LogP contribution in [0.2, 0.25) is 0 Å². The summed E-state index contributed by atoms with van der Waals surface area (Å²) in [5, 5.41) is 0. The summed E-state index contributed by atoms with van der Waals surface area (Å²) in [7, 11) is 1.66. The molecule has 25 heavy (non-hydrogen) atoms. The zero-order chi connectivity index (χ0) is 17.6. The maximum absolute atomic E-state index is 13.0. The first-order valence-electron chi connectivity index (χ1n) is 8.93. The molecule has 0 unspecified atom stereocenters. The van der Waals surface area contributed by atoms with E-state index >= 15 is 0 Å². The van der Waals surface area contributed by atoms with Crippen LogP contribution in [0.25, 0.3) is 0 Å². The summed E-state index contributed by atoms with van der Waals surface area (Å²) < 4.78 is 5.21. The van der Waals surface area contributed by atoms with Crippen LogP contribution in [0.1, 0.15) is 25.3 Å². The Morgan fingerprint density at radius 1 is 1.08 bits per heavy atom. The minimum absolute atomic E-state index is 0.198. The molecule has 0 spiro atoms. The van der Waals surface area contributed by atoms with E-state index in [2.05, 4.69) is 24.0 Å². The Morgan fingerprint density at radius 2 is 1.76 bits per heavy atom. The number of hydrogen-bond donors (Lipinski definition) is 0. The molecule has 0 aromatic heterocycles. The third-order valence-corrected chi connectivity index (χ3v) is 4.65. The number of ether oxygens (including phenoxy) is 1. The summed E-state index contributed by atoms with van der Waals surface area (Å²) in [6.45, 7) is 4.00. The Balaban J connectivity index is 1.68. The normalized spacial score (nSPS) is 13.4. The molecule has 1 fully saturated rings. The molecular weight excluding hydrogens is 312 g/mol. The Bertz CT molecular complexity index is 681. The molecule has 1 saturated carbocycles. The molecule has 1 aliphatic carbocycles. The van der Waals surface area contributed by atoms with Gasteiger partial charge < -0.3 is 14.5 Å². The van der Waals surface area contributed by atoms with Crippen LogP contribution < -0.4 is 9.64 Å². The summed E-state index contributed by atoms with van der Waals surface area (Å²) in [6, 6.07) is 18.5. The van der Waals surface area contributed by atoms with E-state index in [-0.39, 0.29) is 5.91 Å². The summed E-state index contributed by atoms with van der Waals surface area (Å²) >= 11 is 0. The van der Waals surface area contributed by atoms with Crippen LogP contribution in [-0.4, -0.2) is 37.0 Å². The van der Waals surface area contributed by atoms with Gasteiger partial charge in [0.15, 0.2) is 0 Å². The number of likely N-dealkylation sites (N-methyl/N-ethyl adjacent to an activating group) is 1. The Hall–Kier alpha value is -2.49. The molecule has 4 nitrogen and oxygen atoms in total. The second-order valence-electron chi connectivity index (χ2n) is 6.45. The Labute approximate surface area is 150 Å². The molecule has 132 valence electrons. The first-order chi connectivity index (χ1) is 12.2. The van der Waals surface area contributed by atoms with Gasteiger partial charge in [-0.3, -0.25) is 4.79 Å². The third kappa shape index (κ3) is 4.53. The van der Waals surface area contributed by atoms with Gasteiger partial charge in [0, 0.05) is 24.8 Å². The average Bonchev–Trinajstić information content (AvgIpc) is 3.50. The van der Waals surface area contributed by atoms with Crippen LogP contribution in [-0.2, 0) is 11.3 Å². The maximum Gasteiger partial charge on any atom is 0.242 e. The van der Waals surface area contributed by atoms with Gasteiger partial charge >= 0.3 is 0 Å². The highest BCUT2D eigenvalue weighted by Crippen LogP contribution is 2.29. The summed E-state index contributed by atoms with van der Waals surface area (Å²) in [5.41, 5.74) is 2.24. The van der Waals surface area contributed by atoms with Crippen molar-refractivity contribution >= 4 is 11.6 Å². The summed E-state index contributed by atoms with van der Waals surface area (Å²) in [6.07, 6.45) is 2.22. The van der Waals surface area contributed by atoms with E-state index < -0.39 is 0 Å². The van der Waals surface area contributed by atoms with Crippen molar-refractivity contribution in [2.45, 2.75) is 32.4 Å². The molecule has 0 saturated heterocycles. The van der Waals surface area contributed by atoms with Gasteiger partial charge in [-0.25, -0.2) is 0 Å². The molecule has 1 amide bonds. The fourth-order valence-electron chi connectivity index (χ4n) is 3.01. The van der Waals surface area contributed by atoms with Gasteiger partial charge in [0.25, 0.3) is 0 Å². The lowest BCUT2D eigenvalue weighted by molar-refractivity contribution is -0.130. The van der Waals surface area contributed by atoms with Crippen LogP contribution in [0.3, 0.4) is 0 Å². The molecule has 0 radical (unpaired) electrons. The highest BCUT2D eigenvalue weighted by molar-refractivity contribution is 5.82. The van der Waals surface area contributed by atoms with Crippen LogP contribution >= 0.6 is 0 Å². The zero-order valence-corrected chi connectivity index (χ0v) is 15.0. The van der Waals surface area contributed by atoms with E-state index in [9.17, 15) is 4.79 Å². The van der Waals surface area contributed by atoms with E-state index in [1.807, 2.05) is 47.4 Å². The lowest BCUT2D eigenvalue weighted by Crippen LogP contribution is -2.41. The molecule has 2 aromatic carbocycles. The van der Waals surface area contributed by atoms with E-state index in [1.165, 1.54) is 0 Å². The van der Waals surface area contributed by atoms with E-state index in [0.717, 1.165) is 36.4 Å². The number of carbonyl (C=O) groups is 1. The lowest BCUT2D eigenvalue weighted by Gasteiger charge is -2.28. The van der Waals surface area contributed by atoms with Gasteiger partial charge in [-0.1, -0.05) is 30.3 Å². The maximum atomic E-state index is 13.0. The zero-order valence-electron chi connectivity index (χ0n) is 15.0. The number of anilines is 1. The largest absolute Gasteiger partial charge is 0.497 e. The molecule has 0 bridgehead atoms. The molecule has 0 heterocycles. The standard InChI is InChI=1S/C21H26N2O2/c1-3-22(18-7-5-4-6-8-18)16-21(24)23(19-11-12-19)15-17-9-13-20(25-2)14-10-17/h4-10,13-14,19H,3,11-12,15-16H2,1-2H3. The number of benzene rings is 2. The van der Waals surface area contributed by atoms with E-state index in [0.29, 0.717) is 19.1 Å². The second-order valence-corrected chi connectivity index (χ2v) is 6.45. The van der Waals surface area contributed by atoms with E-state index in [1.54, 1.807) is 7.11 Å². The van der Waals surface area contributed by atoms with Gasteiger partial charge in [0.1, 0.15) is 5.75 Å². The minimum atomic E-state index is 0.198. The Kier molecular flexibility index (Phi) is 5.59. The lowest BCUT2D eigenvalue weighted by atomic mass is 10.2. The number of rotatable bonds is 8. The molecule has 3 rings (SSSR count). The van der Waals surface area contributed by atoms with Crippen LogP contribution in [0.15, 0.2) is 54.6 Å². The molecule has 0 atom stereocenters. The highest BCUT2D eigenvalue weighted by Gasteiger charge is 2.33. The summed E-state index contributed by atoms with van der Waals surface area (Å²) in [4.78, 5) is 17.1. The van der Waals surface area contributed by atoms with Gasteiger partial charge in [0.2, 0.25) is 5.91 Å². The van der Waals surface area contributed by atoms with E-state index in [4.69, 9.17) is 4.74 Å². The molecule has 0 N–H and O–H groups in total. The minimum Gasteiger partial charge on any atom is -0.497 e. The highest BCUT2D eigenvalue weighted by atomic mass is 16.5. The van der Waals surface area contributed by atoms with Crippen molar-refractivity contribution in [2.24, 2.45) is 0 Å². The van der Waals surface area contributed by atoms with Crippen molar-refractivity contribution in [3.05, 3.63) is 60.2 Å². The van der Waals surface area contributed by atoms with Crippen molar-refractivity contribution in [1.82, 2.24) is 4.90 Å². The molecule has 0 aliphatic heterocycles. The average molecular weight is 338 g/mol. The van der Waals surface area contributed by atoms with Crippen LogP contribution in [0, 0.1) is 0 Å². The Morgan fingerprint density at radius 3 is 2.32 bits per heavy atom. The van der Waals surface area contributed by atoms with Gasteiger partial charge in [-0.15, -0.1) is 0 Å². The number of methoxy groups -OCH3 is 1. The monoisotopic (exact) mass is 338 g/mol. The van der Waals surface area contributed by atoms with Gasteiger partial charge in [-0.2, -0.15) is 0 Å². The van der Waals surface area contributed by atoms with Crippen LogP contribution in [0.4, 0.5) is 5.69 Å². The van der Waals surface area contributed by atoms with Crippen molar-refractivity contribution in [3.8, 4) is 5.75 Å².